The fourth-order valence-corrected chi connectivity index (χ4v) is 2.99. The number of fused-ring (bicyclic) bond motifs is 4. The van der Waals surface area contributed by atoms with E-state index < -0.39 is 0 Å². The van der Waals surface area contributed by atoms with Crippen LogP contribution in [0.3, 0.4) is 0 Å². The lowest BCUT2D eigenvalue weighted by Gasteiger charge is -2.08. The van der Waals surface area contributed by atoms with Crippen LogP contribution >= 0.6 is 0 Å². The third-order valence-corrected chi connectivity index (χ3v) is 3.93. The van der Waals surface area contributed by atoms with E-state index in [4.69, 9.17) is 0 Å². The van der Waals surface area contributed by atoms with Gasteiger partial charge in [-0.25, -0.2) is 0 Å². The molecular formula is C18H13B. The lowest BCUT2D eigenvalue weighted by molar-refractivity contribution is 1.79. The van der Waals surface area contributed by atoms with Gasteiger partial charge in [0.2, 0.25) is 0 Å². The van der Waals surface area contributed by atoms with E-state index in [2.05, 4.69) is 74.6 Å². The van der Waals surface area contributed by atoms with Crippen molar-refractivity contribution < 1.29 is 0 Å². The summed E-state index contributed by atoms with van der Waals surface area (Å²) in [4.78, 5) is 0. The van der Waals surface area contributed by atoms with Crippen LogP contribution in [0, 0.1) is 0 Å². The summed E-state index contributed by atoms with van der Waals surface area (Å²) in [6.45, 7) is 0. The number of hydrogen-bond acceptors (Lipinski definition) is 0. The molecule has 0 aliphatic rings. The zero-order chi connectivity index (χ0) is 12.8. The molecule has 0 amide bonds. The number of benzene rings is 4. The van der Waals surface area contributed by atoms with Gasteiger partial charge in [-0.1, -0.05) is 60.1 Å². The molecule has 0 spiro atoms. The molecule has 0 nitrogen and oxygen atoms in total. The summed E-state index contributed by atoms with van der Waals surface area (Å²) in [5, 5.41) is 8.00. The smallest absolute Gasteiger partial charge is 0.0807 e. The second kappa shape index (κ2) is 3.86. The van der Waals surface area contributed by atoms with Gasteiger partial charge in [0, 0.05) is 0 Å². The highest BCUT2D eigenvalue weighted by atomic mass is 14.1. The largest absolute Gasteiger partial charge is 0.140 e. The molecule has 4 aromatic rings. The van der Waals surface area contributed by atoms with Crippen molar-refractivity contribution in [2.75, 3.05) is 0 Å². The molecule has 0 aliphatic carbocycles. The van der Waals surface area contributed by atoms with Crippen LogP contribution in [0.1, 0.15) is 0 Å². The maximum Gasteiger partial charge on any atom is 0.140 e. The SMILES string of the molecule is Bc1cccc2ccc3cc4ccccc4cc3c12. The molecule has 0 fully saturated rings. The Labute approximate surface area is 113 Å². The highest BCUT2D eigenvalue weighted by Gasteiger charge is 2.04. The van der Waals surface area contributed by atoms with Crippen molar-refractivity contribution in [3.8, 4) is 0 Å². The minimum atomic E-state index is 1.31. The third kappa shape index (κ3) is 1.55. The van der Waals surface area contributed by atoms with Gasteiger partial charge in [-0.05, 0) is 44.5 Å². The van der Waals surface area contributed by atoms with Gasteiger partial charge in [0.25, 0.3) is 0 Å². The van der Waals surface area contributed by atoms with Gasteiger partial charge < -0.3 is 0 Å². The van der Waals surface area contributed by atoms with Crippen LogP contribution in [-0.2, 0) is 0 Å². The molecule has 0 atom stereocenters. The quantitative estimate of drug-likeness (QED) is 0.251. The second-order valence-electron chi connectivity index (χ2n) is 5.16. The first-order chi connectivity index (χ1) is 9.33. The topological polar surface area (TPSA) is 0 Å². The summed E-state index contributed by atoms with van der Waals surface area (Å²) < 4.78 is 0. The monoisotopic (exact) mass is 240 g/mol. The Hall–Kier alpha value is -2.28. The van der Waals surface area contributed by atoms with Crippen molar-refractivity contribution >= 4 is 45.6 Å². The van der Waals surface area contributed by atoms with E-state index in [-0.39, 0.29) is 0 Å². The van der Waals surface area contributed by atoms with Crippen LogP contribution < -0.4 is 5.46 Å². The molecular weight excluding hydrogens is 227 g/mol. The summed E-state index contributed by atoms with van der Waals surface area (Å²) in [7, 11) is 2.19. The molecule has 0 aromatic heterocycles. The molecule has 0 saturated heterocycles. The Balaban J connectivity index is 2.29. The van der Waals surface area contributed by atoms with Crippen LogP contribution in [0.15, 0.2) is 66.7 Å². The van der Waals surface area contributed by atoms with Crippen LogP contribution in [0.2, 0.25) is 0 Å². The maximum absolute atomic E-state index is 2.32. The minimum Gasteiger partial charge on any atom is -0.0807 e. The Kier molecular flexibility index (Phi) is 2.16. The van der Waals surface area contributed by atoms with E-state index in [9.17, 15) is 0 Å². The molecule has 0 unspecified atom stereocenters. The predicted octanol–water partition coefficient (Wildman–Crippen LogP) is 3.40. The molecule has 88 valence electrons. The minimum absolute atomic E-state index is 1.31. The van der Waals surface area contributed by atoms with Gasteiger partial charge in [0.1, 0.15) is 7.85 Å². The Morgan fingerprint density at radius 2 is 1.26 bits per heavy atom. The molecule has 1 heteroatoms. The van der Waals surface area contributed by atoms with Gasteiger partial charge in [-0.15, -0.1) is 0 Å². The average molecular weight is 240 g/mol. The van der Waals surface area contributed by atoms with E-state index in [1.807, 2.05) is 0 Å². The van der Waals surface area contributed by atoms with Crippen molar-refractivity contribution in [3.63, 3.8) is 0 Å². The van der Waals surface area contributed by atoms with Crippen LogP contribution in [0.25, 0.3) is 32.3 Å². The third-order valence-electron chi connectivity index (χ3n) is 3.93. The van der Waals surface area contributed by atoms with Gasteiger partial charge in [0.05, 0.1) is 0 Å². The van der Waals surface area contributed by atoms with E-state index in [0.717, 1.165) is 0 Å². The number of rotatable bonds is 0. The normalized spacial score (nSPS) is 11.4. The highest BCUT2D eigenvalue weighted by molar-refractivity contribution is 6.41. The first-order valence-corrected chi connectivity index (χ1v) is 6.64. The molecule has 4 rings (SSSR count). The van der Waals surface area contributed by atoms with Gasteiger partial charge in [-0.2, -0.15) is 0 Å². The van der Waals surface area contributed by atoms with Crippen molar-refractivity contribution in [1.82, 2.24) is 0 Å². The Morgan fingerprint density at radius 1 is 0.579 bits per heavy atom. The molecule has 0 heterocycles. The summed E-state index contributed by atoms with van der Waals surface area (Å²) in [6, 6.07) is 24.1. The summed E-state index contributed by atoms with van der Waals surface area (Å²) in [6.07, 6.45) is 0. The predicted molar refractivity (Wildman–Crippen MR) is 87.1 cm³/mol. The maximum atomic E-state index is 2.32. The molecule has 19 heavy (non-hydrogen) atoms. The molecule has 0 aliphatic heterocycles. The summed E-state index contributed by atoms with van der Waals surface area (Å²) in [5.41, 5.74) is 1.35. The molecule has 0 N–H and O–H groups in total. The van der Waals surface area contributed by atoms with Crippen molar-refractivity contribution in [3.05, 3.63) is 66.7 Å². The zero-order valence-electron chi connectivity index (χ0n) is 10.9. The van der Waals surface area contributed by atoms with E-state index in [1.165, 1.54) is 37.8 Å². The van der Waals surface area contributed by atoms with Gasteiger partial charge in [-0.3, -0.25) is 0 Å². The molecule has 0 radical (unpaired) electrons. The first-order valence-electron chi connectivity index (χ1n) is 6.64. The fourth-order valence-electron chi connectivity index (χ4n) is 2.99. The lowest BCUT2D eigenvalue weighted by atomic mass is 9.87. The van der Waals surface area contributed by atoms with Gasteiger partial charge >= 0.3 is 0 Å². The molecule has 0 bridgehead atoms. The Morgan fingerprint density at radius 3 is 2.11 bits per heavy atom. The Bertz CT molecular complexity index is 922. The highest BCUT2D eigenvalue weighted by Crippen LogP contribution is 2.28. The first kappa shape index (κ1) is 10.6. The van der Waals surface area contributed by atoms with Crippen LogP contribution in [-0.4, -0.2) is 7.85 Å². The van der Waals surface area contributed by atoms with E-state index >= 15 is 0 Å². The van der Waals surface area contributed by atoms with Crippen LogP contribution in [0.4, 0.5) is 0 Å². The average Bonchev–Trinajstić information content (AvgIpc) is 2.45. The zero-order valence-corrected chi connectivity index (χ0v) is 10.9. The van der Waals surface area contributed by atoms with Crippen molar-refractivity contribution in [2.24, 2.45) is 0 Å². The van der Waals surface area contributed by atoms with E-state index in [0.29, 0.717) is 0 Å². The summed E-state index contributed by atoms with van der Waals surface area (Å²) in [5.74, 6) is 0. The molecule has 4 aromatic carbocycles. The van der Waals surface area contributed by atoms with Crippen molar-refractivity contribution in [1.29, 1.82) is 0 Å². The summed E-state index contributed by atoms with van der Waals surface area (Å²) >= 11 is 0. The number of hydrogen-bond donors (Lipinski definition) is 0. The fraction of sp³-hybridized carbons (Fsp3) is 0. The second-order valence-corrected chi connectivity index (χ2v) is 5.16. The molecule has 0 saturated carbocycles. The van der Waals surface area contributed by atoms with Gasteiger partial charge in [0.15, 0.2) is 0 Å². The van der Waals surface area contributed by atoms with E-state index in [1.54, 1.807) is 0 Å². The standard InChI is InChI=1S/C18H13B/c19-17-7-3-6-12-8-9-15-10-13-4-1-2-5-14(13)11-16(15)18(12)17/h1-11H,19H2. The lowest BCUT2D eigenvalue weighted by Crippen LogP contribution is -2.03. The van der Waals surface area contributed by atoms with Crippen molar-refractivity contribution in [2.45, 2.75) is 0 Å². The van der Waals surface area contributed by atoms with Crippen LogP contribution in [0.5, 0.6) is 0 Å².